The largest absolute Gasteiger partial charge is 0.478 e. The molecule has 0 saturated carbocycles. The van der Waals surface area contributed by atoms with Gasteiger partial charge in [-0.05, 0) is 24.3 Å². The molecule has 16 heavy (non-hydrogen) atoms. The lowest BCUT2D eigenvalue weighted by molar-refractivity contribution is 0.0697. The molecule has 7 nitrogen and oxygen atoms in total. The van der Waals surface area contributed by atoms with Crippen LogP contribution >= 0.6 is 0 Å². The first-order chi connectivity index (χ1) is 7.56. The van der Waals surface area contributed by atoms with Crippen LogP contribution in [0.1, 0.15) is 10.4 Å². The first-order valence-electron chi connectivity index (χ1n) is 4.25. The van der Waals surface area contributed by atoms with E-state index >= 15 is 0 Å². The maximum absolute atomic E-state index is 11.2. The molecule has 1 aromatic carbocycles. The van der Waals surface area contributed by atoms with Crippen molar-refractivity contribution in [1.29, 1.82) is 0 Å². The fourth-order valence-electron chi connectivity index (χ4n) is 1.06. The van der Waals surface area contributed by atoms with Gasteiger partial charge in [-0.25, -0.2) is 9.59 Å². The van der Waals surface area contributed by atoms with Crippen molar-refractivity contribution in [1.82, 2.24) is 5.43 Å². The summed E-state index contributed by atoms with van der Waals surface area (Å²) in [6.45, 7) is 0. The van der Waals surface area contributed by atoms with E-state index in [1.807, 2.05) is 0 Å². The topological polar surface area (TPSA) is 99.1 Å². The second-order valence-corrected chi connectivity index (χ2v) is 2.92. The van der Waals surface area contributed by atoms with Gasteiger partial charge in [0.15, 0.2) is 0 Å². The molecule has 0 aliphatic heterocycles. The fraction of sp³-hybridized carbons (Fsp3) is 0.111. The number of rotatable bonds is 3. The molecule has 1 aromatic rings. The number of amides is 2. The smallest absolute Gasteiger partial charge is 0.344 e. The number of urea groups is 1. The number of nitrogens with one attached hydrogen (secondary N) is 1. The number of carbonyl (C=O) groups is 2. The van der Waals surface area contributed by atoms with Crippen LogP contribution in [-0.2, 0) is 0 Å². The van der Waals surface area contributed by atoms with Crippen LogP contribution < -0.4 is 10.3 Å². The second kappa shape index (κ2) is 4.87. The molecule has 0 spiro atoms. The molecule has 0 heterocycles. The lowest BCUT2D eigenvalue weighted by Gasteiger charge is -2.15. The van der Waals surface area contributed by atoms with E-state index in [1.54, 1.807) is 5.43 Å². The van der Waals surface area contributed by atoms with Crippen molar-refractivity contribution in [3.8, 4) is 0 Å². The van der Waals surface area contributed by atoms with Gasteiger partial charge in [0.1, 0.15) is 0 Å². The fourth-order valence-corrected chi connectivity index (χ4v) is 1.06. The molecule has 7 heteroatoms. The Labute approximate surface area is 90.6 Å². The van der Waals surface area contributed by atoms with E-state index in [1.165, 1.54) is 31.3 Å². The van der Waals surface area contributed by atoms with Gasteiger partial charge in [-0.3, -0.25) is 4.90 Å². The Morgan fingerprint density at radius 3 is 2.31 bits per heavy atom. The first-order valence-corrected chi connectivity index (χ1v) is 4.25. The monoisotopic (exact) mass is 223 g/mol. The van der Waals surface area contributed by atoms with Crippen LogP contribution in [0.5, 0.6) is 0 Å². The molecule has 84 valence electrons. The predicted molar refractivity (Wildman–Crippen MR) is 56.1 cm³/mol. The Hall–Kier alpha value is -2.44. The summed E-state index contributed by atoms with van der Waals surface area (Å²) >= 11 is 0. The molecule has 0 aliphatic rings. The van der Waals surface area contributed by atoms with Gasteiger partial charge < -0.3 is 5.11 Å². The van der Waals surface area contributed by atoms with Gasteiger partial charge in [-0.2, -0.15) is 5.43 Å². The Morgan fingerprint density at radius 2 is 1.88 bits per heavy atom. The van der Waals surface area contributed by atoms with Gasteiger partial charge in [0, 0.05) is 12.7 Å². The summed E-state index contributed by atoms with van der Waals surface area (Å²) in [6.07, 6.45) is 0. The van der Waals surface area contributed by atoms with Crippen LogP contribution in [0.3, 0.4) is 0 Å². The van der Waals surface area contributed by atoms with E-state index in [0.717, 1.165) is 4.90 Å². The number of carbonyl (C=O) groups excluding carboxylic acids is 1. The molecule has 0 radical (unpaired) electrons. The lowest BCUT2D eigenvalue weighted by Crippen LogP contribution is -2.33. The molecular weight excluding hydrogens is 214 g/mol. The van der Waals surface area contributed by atoms with E-state index in [2.05, 4.69) is 5.29 Å². The van der Waals surface area contributed by atoms with Crippen molar-refractivity contribution >= 4 is 17.7 Å². The van der Waals surface area contributed by atoms with Crippen molar-refractivity contribution in [2.75, 3.05) is 11.9 Å². The molecule has 0 atom stereocenters. The van der Waals surface area contributed by atoms with Crippen LogP contribution in [0, 0.1) is 4.91 Å². The Balaban J connectivity index is 2.85. The zero-order valence-electron chi connectivity index (χ0n) is 8.38. The van der Waals surface area contributed by atoms with Crippen LogP contribution in [0.15, 0.2) is 29.6 Å². The van der Waals surface area contributed by atoms with Crippen molar-refractivity contribution < 1.29 is 14.7 Å². The molecular formula is C9H9N3O4. The number of hydrogen-bond donors (Lipinski definition) is 2. The number of hydrogen-bond acceptors (Lipinski definition) is 4. The number of nitrogens with zero attached hydrogens (tertiary/aromatic N) is 2. The van der Waals surface area contributed by atoms with Crippen molar-refractivity contribution in [3.05, 3.63) is 34.7 Å². The summed E-state index contributed by atoms with van der Waals surface area (Å²) in [4.78, 5) is 32.7. The minimum absolute atomic E-state index is 0.117. The third-order valence-electron chi connectivity index (χ3n) is 1.95. The van der Waals surface area contributed by atoms with Crippen molar-refractivity contribution in [2.45, 2.75) is 0 Å². The average Bonchev–Trinajstić information content (AvgIpc) is 2.28. The summed E-state index contributed by atoms with van der Waals surface area (Å²) in [6, 6.07) is 4.92. The standard InChI is InChI=1S/C9H9N3O4/c1-12(9(15)10-11-16)7-4-2-6(3-5-7)8(13)14/h2-5H,1H3,(H,13,14)(H,10,15,16). The Bertz CT molecular complexity index is 415. The summed E-state index contributed by atoms with van der Waals surface area (Å²) in [7, 11) is 1.43. The van der Waals surface area contributed by atoms with Crippen molar-refractivity contribution in [3.63, 3.8) is 0 Å². The third-order valence-corrected chi connectivity index (χ3v) is 1.95. The molecule has 0 saturated heterocycles. The lowest BCUT2D eigenvalue weighted by atomic mass is 10.2. The van der Waals surface area contributed by atoms with E-state index in [4.69, 9.17) is 5.11 Å². The van der Waals surface area contributed by atoms with Gasteiger partial charge in [-0.15, -0.1) is 4.91 Å². The normalized spacial score (nSPS) is 9.31. The third kappa shape index (κ3) is 2.53. The van der Waals surface area contributed by atoms with E-state index in [9.17, 15) is 14.5 Å². The van der Waals surface area contributed by atoms with Gasteiger partial charge in [0.2, 0.25) is 0 Å². The van der Waals surface area contributed by atoms with E-state index in [-0.39, 0.29) is 5.56 Å². The van der Waals surface area contributed by atoms with Gasteiger partial charge in [0.05, 0.1) is 10.8 Å². The van der Waals surface area contributed by atoms with Gasteiger partial charge >= 0.3 is 12.0 Å². The molecule has 2 N–H and O–H groups in total. The summed E-state index contributed by atoms with van der Waals surface area (Å²) in [5.74, 6) is -1.05. The minimum Gasteiger partial charge on any atom is -0.478 e. The Kier molecular flexibility index (Phi) is 3.54. The maximum atomic E-state index is 11.2. The molecule has 0 aliphatic carbocycles. The zero-order chi connectivity index (χ0) is 12.1. The van der Waals surface area contributed by atoms with Gasteiger partial charge in [-0.1, -0.05) is 0 Å². The number of aromatic carboxylic acids is 1. The van der Waals surface area contributed by atoms with Gasteiger partial charge in [0.25, 0.3) is 0 Å². The highest BCUT2D eigenvalue weighted by Crippen LogP contribution is 2.13. The molecule has 0 unspecified atom stereocenters. The van der Waals surface area contributed by atoms with E-state index < -0.39 is 12.0 Å². The first kappa shape index (κ1) is 11.6. The van der Waals surface area contributed by atoms with Crippen LogP contribution in [0.4, 0.5) is 10.5 Å². The van der Waals surface area contributed by atoms with Crippen LogP contribution in [0.25, 0.3) is 0 Å². The SMILES string of the molecule is CN(C(=O)NN=O)c1ccc(C(=O)O)cc1. The number of anilines is 1. The highest BCUT2D eigenvalue weighted by molar-refractivity contribution is 5.92. The molecule has 0 aromatic heterocycles. The number of carboxylic acids is 1. The average molecular weight is 223 g/mol. The molecule has 1 rings (SSSR count). The quantitative estimate of drug-likeness (QED) is 0.594. The highest BCUT2D eigenvalue weighted by atomic mass is 16.4. The van der Waals surface area contributed by atoms with Crippen LogP contribution in [0.2, 0.25) is 0 Å². The summed E-state index contributed by atoms with van der Waals surface area (Å²) < 4.78 is 0. The predicted octanol–water partition coefficient (Wildman–Crippen LogP) is 1.21. The van der Waals surface area contributed by atoms with E-state index in [0.29, 0.717) is 5.69 Å². The molecule has 0 bridgehead atoms. The number of nitroso groups, excluding NO2 is 1. The second-order valence-electron chi connectivity index (χ2n) is 2.92. The number of carboxylic acid groups (broad SMARTS) is 1. The summed E-state index contributed by atoms with van der Waals surface area (Å²) in [5.41, 5.74) is 2.29. The summed E-state index contributed by atoms with van der Waals surface area (Å²) in [5, 5.41) is 10.9. The van der Waals surface area contributed by atoms with Crippen molar-refractivity contribution in [2.24, 2.45) is 5.29 Å². The Morgan fingerprint density at radius 1 is 1.31 bits per heavy atom. The van der Waals surface area contributed by atoms with Crippen LogP contribution in [-0.4, -0.2) is 24.2 Å². The minimum atomic E-state index is -1.05. The highest BCUT2D eigenvalue weighted by Gasteiger charge is 2.11. The molecule has 0 fully saturated rings. The maximum Gasteiger partial charge on any atom is 0.344 e. The zero-order valence-corrected chi connectivity index (χ0v) is 8.38. The molecule has 2 amide bonds. The number of benzene rings is 1.